The molecule has 3 rings (SSSR count). The van der Waals surface area contributed by atoms with Crippen LogP contribution in [0, 0.1) is 0 Å². The van der Waals surface area contributed by atoms with E-state index in [0.717, 1.165) is 35.8 Å². The van der Waals surface area contributed by atoms with Gasteiger partial charge in [-0.3, -0.25) is 4.99 Å². The van der Waals surface area contributed by atoms with Crippen molar-refractivity contribution < 1.29 is 0 Å². The van der Waals surface area contributed by atoms with Crippen molar-refractivity contribution in [2.75, 3.05) is 13.6 Å². The Hall–Kier alpha value is -1.31. The normalized spacial score (nSPS) is 16.1. The van der Waals surface area contributed by atoms with Crippen LogP contribution in [0.5, 0.6) is 0 Å². The van der Waals surface area contributed by atoms with Gasteiger partial charge in [0.15, 0.2) is 5.96 Å². The number of H-pyrrole nitrogens is 1. The molecule has 0 atom stereocenters. The minimum Gasteiger partial charge on any atom is -0.356 e. The van der Waals surface area contributed by atoms with Gasteiger partial charge < -0.3 is 15.6 Å². The Labute approximate surface area is 154 Å². The lowest BCUT2D eigenvalue weighted by Crippen LogP contribution is -2.44. The molecule has 0 spiro atoms. The van der Waals surface area contributed by atoms with Gasteiger partial charge in [-0.05, 0) is 25.0 Å². The molecule has 0 radical (unpaired) electrons. The molecule has 1 aliphatic carbocycles. The van der Waals surface area contributed by atoms with Gasteiger partial charge in [0, 0.05) is 26.1 Å². The van der Waals surface area contributed by atoms with Crippen LogP contribution in [0.1, 0.15) is 37.9 Å². The van der Waals surface area contributed by atoms with Crippen molar-refractivity contribution in [1.29, 1.82) is 0 Å². The lowest BCUT2D eigenvalue weighted by Gasteiger charge is -2.24. The van der Waals surface area contributed by atoms with E-state index in [1.165, 1.54) is 32.1 Å². The van der Waals surface area contributed by atoms with Gasteiger partial charge in [0.05, 0.1) is 11.0 Å². The summed E-state index contributed by atoms with van der Waals surface area (Å²) in [5.41, 5.74) is 2.13. The van der Waals surface area contributed by atoms with Gasteiger partial charge in [-0.25, -0.2) is 4.98 Å². The zero-order chi connectivity index (χ0) is 15.2. The van der Waals surface area contributed by atoms with E-state index in [4.69, 9.17) is 0 Å². The molecule has 23 heavy (non-hydrogen) atoms. The van der Waals surface area contributed by atoms with Crippen LogP contribution >= 0.6 is 24.0 Å². The minimum atomic E-state index is 0. The summed E-state index contributed by atoms with van der Waals surface area (Å²) in [5.74, 6) is 1.92. The van der Waals surface area contributed by atoms with Crippen LogP contribution in [0.4, 0.5) is 0 Å². The second kappa shape index (κ2) is 9.10. The molecule has 3 N–H and O–H groups in total. The number of guanidine groups is 1. The Balaban J connectivity index is 0.00000192. The van der Waals surface area contributed by atoms with Gasteiger partial charge in [-0.15, -0.1) is 24.0 Å². The lowest BCUT2D eigenvalue weighted by atomic mass is 9.96. The van der Waals surface area contributed by atoms with E-state index in [-0.39, 0.29) is 24.0 Å². The summed E-state index contributed by atoms with van der Waals surface area (Å²) in [5, 5.41) is 6.92. The van der Waals surface area contributed by atoms with Crippen molar-refractivity contribution >= 4 is 41.0 Å². The Morgan fingerprint density at radius 1 is 1.26 bits per heavy atom. The van der Waals surface area contributed by atoms with E-state index in [0.29, 0.717) is 6.04 Å². The first-order chi connectivity index (χ1) is 10.8. The highest BCUT2D eigenvalue weighted by Gasteiger charge is 2.14. The molecule has 0 aliphatic heterocycles. The number of hydrogen-bond acceptors (Lipinski definition) is 2. The molecule has 5 nitrogen and oxygen atoms in total. The first-order valence-corrected chi connectivity index (χ1v) is 8.26. The van der Waals surface area contributed by atoms with E-state index in [1.54, 1.807) is 0 Å². The summed E-state index contributed by atoms with van der Waals surface area (Å²) in [6.07, 6.45) is 7.39. The number of benzene rings is 1. The third-order valence-corrected chi connectivity index (χ3v) is 4.26. The Bertz CT molecular complexity index is 598. The summed E-state index contributed by atoms with van der Waals surface area (Å²) in [6.45, 7) is 0.826. The summed E-state index contributed by atoms with van der Waals surface area (Å²) in [6, 6.07) is 8.71. The van der Waals surface area contributed by atoms with Crippen LogP contribution in [-0.4, -0.2) is 35.6 Å². The van der Waals surface area contributed by atoms with Crippen LogP contribution < -0.4 is 10.6 Å². The van der Waals surface area contributed by atoms with E-state index >= 15 is 0 Å². The topological polar surface area (TPSA) is 65.1 Å². The van der Waals surface area contributed by atoms with E-state index < -0.39 is 0 Å². The van der Waals surface area contributed by atoms with Crippen molar-refractivity contribution in [1.82, 2.24) is 20.6 Å². The van der Waals surface area contributed by atoms with Crippen molar-refractivity contribution in [3.63, 3.8) is 0 Å². The van der Waals surface area contributed by atoms with Gasteiger partial charge in [-0.1, -0.05) is 31.4 Å². The quantitative estimate of drug-likeness (QED) is 0.399. The van der Waals surface area contributed by atoms with Crippen LogP contribution in [0.15, 0.2) is 29.3 Å². The van der Waals surface area contributed by atoms with Crippen molar-refractivity contribution in [3.8, 4) is 0 Å². The second-order valence-corrected chi connectivity index (χ2v) is 5.93. The number of nitrogens with zero attached hydrogens (tertiary/aromatic N) is 2. The van der Waals surface area contributed by atoms with Gasteiger partial charge in [0.25, 0.3) is 0 Å². The Morgan fingerprint density at radius 2 is 2.04 bits per heavy atom. The van der Waals surface area contributed by atoms with E-state index in [9.17, 15) is 0 Å². The molecule has 6 heteroatoms. The summed E-state index contributed by atoms with van der Waals surface area (Å²) >= 11 is 0. The predicted octanol–water partition coefficient (Wildman–Crippen LogP) is 3.22. The maximum absolute atomic E-state index is 4.60. The molecule has 1 fully saturated rings. The largest absolute Gasteiger partial charge is 0.356 e. The molecule has 1 heterocycles. The summed E-state index contributed by atoms with van der Waals surface area (Å²) in [4.78, 5) is 12.3. The standard InChI is InChI=1S/C17H25N5.HI/c1-18-17(20-13-7-3-2-4-8-13)19-12-11-16-21-14-9-5-6-10-15(14)22-16;/h5-6,9-10,13H,2-4,7-8,11-12H2,1H3,(H,21,22)(H2,18,19,20);1H. The van der Waals surface area contributed by atoms with E-state index in [2.05, 4.69) is 31.7 Å². The molecular weight excluding hydrogens is 401 g/mol. The van der Waals surface area contributed by atoms with Crippen molar-refractivity contribution in [2.45, 2.75) is 44.6 Å². The third-order valence-electron chi connectivity index (χ3n) is 4.26. The smallest absolute Gasteiger partial charge is 0.191 e. The molecule has 0 bridgehead atoms. The number of aromatic nitrogens is 2. The van der Waals surface area contributed by atoms with Crippen LogP contribution in [0.2, 0.25) is 0 Å². The fourth-order valence-corrected chi connectivity index (χ4v) is 3.06. The van der Waals surface area contributed by atoms with Crippen LogP contribution in [-0.2, 0) is 6.42 Å². The zero-order valence-corrected chi connectivity index (χ0v) is 16.0. The molecule has 1 aliphatic rings. The van der Waals surface area contributed by atoms with Crippen molar-refractivity contribution in [2.24, 2.45) is 4.99 Å². The first-order valence-electron chi connectivity index (χ1n) is 8.26. The number of hydrogen-bond donors (Lipinski definition) is 3. The maximum atomic E-state index is 4.60. The number of halogens is 1. The minimum absolute atomic E-state index is 0. The van der Waals surface area contributed by atoms with Gasteiger partial charge in [0.1, 0.15) is 5.82 Å². The first kappa shape index (κ1) is 18.0. The third kappa shape index (κ3) is 5.09. The monoisotopic (exact) mass is 427 g/mol. The van der Waals surface area contributed by atoms with E-state index in [1.807, 2.05) is 25.2 Å². The number of nitrogens with one attached hydrogen (secondary N) is 3. The highest BCUT2D eigenvalue weighted by Crippen LogP contribution is 2.17. The van der Waals surface area contributed by atoms with Crippen LogP contribution in [0.25, 0.3) is 11.0 Å². The predicted molar refractivity (Wildman–Crippen MR) is 107 cm³/mol. The summed E-state index contributed by atoms with van der Waals surface area (Å²) in [7, 11) is 1.83. The maximum Gasteiger partial charge on any atom is 0.191 e. The SMILES string of the molecule is CN=C(NCCc1nc2ccccc2[nH]1)NC1CCCCC1.I. The molecule has 0 amide bonds. The number of para-hydroxylation sites is 2. The second-order valence-electron chi connectivity index (χ2n) is 5.93. The molecule has 0 saturated heterocycles. The van der Waals surface area contributed by atoms with Gasteiger partial charge >= 0.3 is 0 Å². The number of imidazole rings is 1. The molecule has 1 aromatic heterocycles. The fraction of sp³-hybridized carbons (Fsp3) is 0.529. The van der Waals surface area contributed by atoms with Crippen LogP contribution in [0.3, 0.4) is 0 Å². The Kier molecular flexibility index (Phi) is 7.14. The van der Waals surface area contributed by atoms with Gasteiger partial charge in [-0.2, -0.15) is 0 Å². The zero-order valence-electron chi connectivity index (χ0n) is 13.6. The number of rotatable bonds is 4. The fourth-order valence-electron chi connectivity index (χ4n) is 3.06. The average Bonchev–Trinajstić information content (AvgIpc) is 2.97. The molecular formula is C17H26IN5. The molecule has 1 aromatic carbocycles. The lowest BCUT2D eigenvalue weighted by molar-refractivity contribution is 0.410. The number of aliphatic imine (C=N–C) groups is 1. The average molecular weight is 427 g/mol. The summed E-state index contributed by atoms with van der Waals surface area (Å²) < 4.78 is 0. The molecule has 0 unspecified atom stereocenters. The number of aromatic amines is 1. The highest BCUT2D eigenvalue weighted by molar-refractivity contribution is 14.0. The number of fused-ring (bicyclic) bond motifs is 1. The van der Waals surface area contributed by atoms with Crippen molar-refractivity contribution in [3.05, 3.63) is 30.1 Å². The molecule has 1 saturated carbocycles. The highest BCUT2D eigenvalue weighted by atomic mass is 127. The Morgan fingerprint density at radius 3 is 2.78 bits per heavy atom. The molecule has 2 aromatic rings. The van der Waals surface area contributed by atoms with Gasteiger partial charge in [0.2, 0.25) is 0 Å². The molecule has 126 valence electrons.